The number of likely N-dealkylation sites (N-methyl/N-ethyl adjacent to an activating group) is 2. The standard InChI is InChI=1S/C23H26N4O6S.C16H18BrN3O4S.C7H9NO2/c1-4-33-21(28)20-18-15-26(34(3,31)32)12-9-19(18)27(24-20)17-7-5-6-16(14-17)8-10-23(30)11-13-25(2)22(23)29;1-3-24-16(21)15-13-10-19(25(2,22)23)8-7-14(13)20(18-15)12-6-4-5-11(17)9-12;1-3-7(10)4-5-8(2)6(7)9/h5-7,14,30H,4,9,11-13,15H2,1-3H3;4-6,9H,3,7-8,10H2,1-2H3;1,10H,4-5H2,2H3/t23-;;7-/m0.0/s1. The number of fused-ring (bicyclic) bond motifs is 2. The van der Waals surface area contributed by atoms with Crippen LogP contribution >= 0.6 is 15.9 Å². The van der Waals surface area contributed by atoms with Gasteiger partial charge in [-0.15, -0.1) is 6.42 Å². The number of halogens is 1. The van der Waals surface area contributed by atoms with E-state index in [0.29, 0.717) is 61.3 Å². The maximum atomic E-state index is 12.6. The van der Waals surface area contributed by atoms with Crippen LogP contribution in [0.3, 0.4) is 0 Å². The van der Waals surface area contributed by atoms with Crippen molar-refractivity contribution in [1.29, 1.82) is 0 Å². The molecule has 8 rings (SSSR count). The van der Waals surface area contributed by atoms with E-state index in [-0.39, 0.29) is 56.6 Å². The van der Waals surface area contributed by atoms with Gasteiger partial charge in [0.1, 0.15) is 0 Å². The van der Waals surface area contributed by atoms with Gasteiger partial charge in [-0.05, 0) is 50.2 Å². The SMILES string of the molecule is C#C[C@]1(O)CCN(C)C1=O.CCOC(=O)c1nn(-c2cccc(Br)c2)c2c1CN(S(C)(=O)=O)CC2.CCOC(=O)c1nn(-c2cccc(C#C[C@]3(O)CCN(C)C3=O)c2)c2c1CN(S(C)(=O)=O)CC2. The maximum Gasteiger partial charge on any atom is 0.359 e. The zero-order valence-corrected chi connectivity index (χ0v) is 42.1. The van der Waals surface area contributed by atoms with E-state index in [1.165, 1.54) is 24.7 Å². The van der Waals surface area contributed by atoms with Gasteiger partial charge in [-0.1, -0.05) is 45.8 Å². The maximum absolute atomic E-state index is 12.6. The number of sulfonamides is 2. The molecule has 0 saturated carbocycles. The number of nitrogens with zero attached hydrogens (tertiary/aromatic N) is 8. The van der Waals surface area contributed by atoms with Gasteiger partial charge < -0.3 is 29.5 Å². The van der Waals surface area contributed by atoms with E-state index in [1.54, 1.807) is 61.6 Å². The average Bonchev–Trinajstić information content (AvgIpc) is 4.04. The van der Waals surface area contributed by atoms with Crippen molar-refractivity contribution in [2.45, 2.75) is 63.8 Å². The smallest absolute Gasteiger partial charge is 0.359 e. The highest BCUT2D eigenvalue weighted by Crippen LogP contribution is 2.30. The van der Waals surface area contributed by atoms with Crippen molar-refractivity contribution in [3.63, 3.8) is 0 Å². The van der Waals surface area contributed by atoms with Crippen molar-refractivity contribution in [3.05, 3.63) is 92.5 Å². The van der Waals surface area contributed by atoms with E-state index < -0.39 is 49.1 Å². The third kappa shape index (κ3) is 11.6. The molecule has 2 atom stereocenters. The van der Waals surface area contributed by atoms with Crippen LogP contribution in [0.15, 0.2) is 53.0 Å². The molecule has 2 saturated heterocycles. The second-order valence-electron chi connectivity index (χ2n) is 16.6. The third-order valence-electron chi connectivity index (χ3n) is 11.7. The number of ether oxygens (including phenoxy) is 2. The van der Waals surface area contributed by atoms with Crippen molar-refractivity contribution in [3.8, 4) is 35.6 Å². The first-order valence-electron chi connectivity index (χ1n) is 21.7. The number of benzene rings is 2. The first-order valence-corrected chi connectivity index (χ1v) is 26.2. The van der Waals surface area contributed by atoms with Crippen LogP contribution in [0.2, 0.25) is 0 Å². The third-order valence-corrected chi connectivity index (χ3v) is 14.7. The van der Waals surface area contributed by atoms with E-state index >= 15 is 0 Å². The second kappa shape index (κ2) is 21.0. The fourth-order valence-electron chi connectivity index (χ4n) is 7.96. The number of hydrogen-bond donors (Lipinski definition) is 2. The lowest BCUT2D eigenvalue weighted by Crippen LogP contribution is -2.37. The number of rotatable bonds is 8. The highest BCUT2D eigenvalue weighted by atomic mass is 79.9. The molecular formula is C46H53BrN8O12S2. The Morgan fingerprint density at radius 1 is 0.739 bits per heavy atom. The molecule has 23 heteroatoms. The predicted molar refractivity (Wildman–Crippen MR) is 255 cm³/mol. The molecule has 368 valence electrons. The van der Waals surface area contributed by atoms with E-state index in [0.717, 1.165) is 27.8 Å². The molecule has 0 bridgehead atoms. The lowest BCUT2D eigenvalue weighted by molar-refractivity contribution is -0.138. The topological polar surface area (TPSA) is 244 Å². The predicted octanol–water partition coefficient (Wildman–Crippen LogP) is 1.65. The van der Waals surface area contributed by atoms with Crippen LogP contribution in [0.5, 0.6) is 0 Å². The molecule has 2 fully saturated rings. The summed E-state index contributed by atoms with van der Waals surface area (Å²) in [4.78, 5) is 50.9. The van der Waals surface area contributed by atoms with Gasteiger partial charge in [-0.3, -0.25) is 9.59 Å². The number of likely N-dealkylation sites (tertiary alicyclic amines) is 2. The van der Waals surface area contributed by atoms with Crippen molar-refractivity contribution in [2.24, 2.45) is 0 Å². The van der Waals surface area contributed by atoms with Crippen LogP contribution in [0.25, 0.3) is 11.4 Å². The summed E-state index contributed by atoms with van der Waals surface area (Å²) < 4.78 is 65.1. The van der Waals surface area contributed by atoms with Gasteiger partial charge in [0.25, 0.3) is 11.8 Å². The molecule has 0 unspecified atom stereocenters. The largest absolute Gasteiger partial charge is 0.461 e. The molecule has 2 amide bonds. The summed E-state index contributed by atoms with van der Waals surface area (Å²) in [7, 11) is -3.55. The molecule has 4 aliphatic rings. The molecule has 2 aromatic carbocycles. The van der Waals surface area contributed by atoms with Gasteiger partial charge in [0, 0.05) is 100 Å². The van der Waals surface area contributed by atoms with Gasteiger partial charge in [0.05, 0.1) is 48.5 Å². The number of aromatic nitrogens is 4. The highest BCUT2D eigenvalue weighted by molar-refractivity contribution is 9.10. The van der Waals surface area contributed by atoms with Crippen LogP contribution in [0.1, 0.15) is 75.7 Å². The molecular weight excluding hydrogens is 1000 g/mol. The van der Waals surface area contributed by atoms with Gasteiger partial charge >= 0.3 is 11.9 Å². The van der Waals surface area contributed by atoms with Crippen LogP contribution in [0.4, 0.5) is 0 Å². The normalized spacial score (nSPS) is 20.3. The lowest BCUT2D eigenvalue weighted by atomic mass is 10.0. The zero-order valence-electron chi connectivity index (χ0n) is 38.9. The summed E-state index contributed by atoms with van der Waals surface area (Å²) in [6.45, 7) is 5.55. The number of esters is 2. The monoisotopic (exact) mass is 1050 g/mol. The number of hydrogen-bond acceptors (Lipinski definition) is 14. The van der Waals surface area contributed by atoms with Gasteiger partial charge in [0.15, 0.2) is 11.4 Å². The fraction of sp³-hybridized carbons (Fsp3) is 0.435. The quantitative estimate of drug-likeness (QED) is 0.189. The Morgan fingerprint density at radius 2 is 1.19 bits per heavy atom. The highest BCUT2D eigenvalue weighted by Gasteiger charge is 2.43. The summed E-state index contributed by atoms with van der Waals surface area (Å²) in [5.41, 5.74) is 1.68. The van der Waals surface area contributed by atoms with E-state index in [1.807, 2.05) is 24.3 Å². The molecule has 0 radical (unpaired) electrons. The summed E-state index contributed by atoms with van der Waals surface area (Å²) in [6, 6.07) is 14.6. The van der Waals surface area contributed by atoms with Crippen molar-refractivity contribution in [1.82, 2.24) is 38.0 Å². The number of amides is 2. The molecule has 69 heavy (non-hydrogen) atoms. The molecule has 20 nitrogen and oxygen atoms in total. The summed E-state index contributed by atoms with van der Waals surface area (Å²) in [6.07, 6.45) is 8.70. The molecule has 2 N–H and O–H groups in total. The Hall–Kier alpha value is -5.92. The minimum Gasteiger partial charge on any atom is -0.461 e. The first kappa shape index (κ1) is 52.5. The zero-order chi connectivity index (χ0) is 50.6. The number of aliphatic hydroxyl groups is 2. The Labute approximate surface area is 409 Å². The van der Waals surface area contributed by atoms with Crippen molar-refractivity contribution < 1.29 is 55.7 Å². The fourth-order valence-corrected chi connectivity index (χ4v) is 9.92. The van der Waals surface area contributed by atoms with Gasteiger partial charge in [-0.25, -0.2) is 35.8 Å². The van der Waals surface area contributed by atoms with Crippen molar-refractivity contribution >= 4 is 59.7 Å². The summed E-state index contributed by atoms with van der Waals surface area (Å²) in [5.74, 6) is 5.71. The van der Waals surface area contributed by atoms with Crippen LogP contribution in [0, 0.1) is 24.2 Å². The molecule has 4 aliphatic heterocycles. The van der Waals surface area contributed by atoms with E-state index in [4.69, 9.17) is 15.9 Å². The Kier molecular flexibility index (Phi) is 15.9. The van der Waals surface area contributed by atoms with Gasteiger partial charge in [0.2, 0.25) is 31.2 Å². The average molecular weight is 1050 g/mol. The molecule has 6 heterocycles. The minimum atomic E-state index is -3.44. The van der Waals surface area contributed by atoms with Crippen LogP contribution in [-0.4, -0.2) is 166 Å². The molecule has 2 aromatic heterocycles. The summed E-state index contributed by atoms with van der Waals surface area (Å²) in [5, 5.41) is 28.8. The number of carbonyl (C=O) groups is 4. The second-order valence-corrected chi connectivity index (χ2v) is 21.5. The number of carbonyl (C=O) groups excluding carboxylic acids is 4. The van der Waals surface area contributed by atoms with Gasteiger partial charge in [-0.2, -0.15) is 18.8 Å². The Morgan fingerprint density at radius 3 is 1.58 bits per heavy atom. The van der Waals surface area contributed by atoms with Crippen molar-refractivity contribution in [2.75, 3.05) is 66.0 Å². The minimum absolute atomic E-state index is 0.0322. The van der Waals surface area contributed by atoms with Crippen LogP contribution < -0.4 is 0 Å². The van der Waals surface area contributed by atoms with E-state index in [9.17, 15) is 46.2 Å². The number of terminal acetylenes is 1. The van der Waals surface area contributed by atoms with Crippen LogP contribution in [-0.2, 0) is 65.0 Å². The molecule has 4 aromatic rings. The lowest BCUT2D eigenvalue weighted by Gasteiger charge is -2.25. The Bertz CT molecular complexity index is 3010. The molecule has 0 aliphatic carbocycles. The van der Waals surface area contributed by atoms with E-state index in [2.05, 4.69) is 43.9 Å². The Balaban J connectivity index is 0.000000195. The first-order chi connectivity index (χ1) is 32.4. The summed E-state index contributed by atoms with van der Waals surface area (Å²) >= 11 is 3.43. The molecule has 0 spiro atoms.